The minimum atomic E-state index is 0.0605. The van der Waals surface area contributed by atoms with Crippen LogP contribution in [0.2, 0.25) is 10.0 Å². The van der Waals surface area contributed by atoms with Crippen LogP contribution in [0.25, 0.3) is 0 Å². The van der Waals surface area contributed by atoms with Gasteiger partial charge in [-0.15, -0.1) is 0 Å². The molecule has 3 rings (SSSR count). The van der Waals surface area contributed by atoms with Gasteiger partial charge in [-0.2, -0.15) is 0 Å². The van der Waals surface area contributed by atoms with Crippen LogP contribution < -0.4 is 0 Å². The van der Waals surface area contributed by atoms with Gasteiger partial charge in [-0.3, -0.25) is 9.59 Å². The van der Waals surface area contributed by atoms with Gasteiger partial charge in [0.05, 0.1) is 6.42 Å². The minimum absolute atomic E-state index is 0.0605. The highest BCUT2D eigenvalue weighted by atomic mass is 35.5. The smallest absolute Gasteiger partial charge is 0.253 e. The highest BCUT2D eigenvalue weighted by Gasteiger charge is 2.29. The van der Waals surface area contributed by atoms with Crippen molar-refractivity contribution in [3.05, 3.63) is 69.7 Å². The zero-order valence-corrected chi connectivity index (χ0v) is 18.1. The van der Waals surface area contributed by atoms with E-state index in [0.717, 1.165) is 24.8 Å². The van der Waals surface area contributed by atoms with Crippen molar-refractivity contribution in [2.75, 3.05) is 19.6 Å². The fourth-order valence-corrected chi connectivity index (χ4v) is 4.30. The number of carbonyl (C=O) groups is 2. The van der Waals surface area contributed by atoms with Crippen LogP contribution in [0.4, 0.5) is 0 Å². The van der Waals surface area contributed by atoms with Crippen molar-refractivity contribution in [1.82, 2.24) is 9.80 Å². The number of carbonyl (C=O) groups excluding carboxylic acids is 2. The first-order chi connectivity index (χ1) is 14.0. The van der Waals surface area contributed by atoms with Crippen molar-refractivity contribution < 1.29 is 9.59 Å². The van der Waals surface area contributed by atoms with Gasteiger partial charge in [0.1, 0.15) is 0 Å². The lowest BCUT2D eigenvalue weighted by molar-refractivity contribution is -0.133. The van der Waals surface area contributed by atoms with E-state index >= 15 is 0 Å². The van der Waals surface area contributed by atoms with E-state index in [1.165, 1.54) is 0 Å². The lowest BCUT2D eigenvalue weighted by Crippen LogP contribution is -2.49. The van der Waals surface area contributed by atoms with Crippen molar-refractivity contribution in [2.45, 2.75) is 38.6 Å². The maximum atomic E-state index is 13.0. The van der Waals surface area contributed by atoms with Crippen LogP contribution in [0.5, 0.6) is 0 Å². The Morgan fingerprint density at radius 1 is 1.07 bits per heavy atom. The molecule has 0 spiro atoms. The maximum Gasteiger partial charge on any atom is 0.253 e. The van der Waals surface area contributed by atoms with Crippen LogP contribution in [0.15, 0.2) is 48.5 Å². The highest BCUT2D eigenvalue weighted by Crippen LogP contribution is 2.24. The van der Waals surface area contributed by atoms with E-state index in [9.17, 15) is 9.59 Å². The molecule has 2 amide bonds. The molecule has 0 atom stereocenters. The Bertz CT molecular complexity index is 849. The number of hydrogen-bond donors (Lipinski definition) is 0. The molecule has 0 aromatic heterocycles. The number of piperidine rings is 1. The Morgan fingerprint density at radius 3 is 2.38 bits per heavy atom. The first-order valence-electron chi connectivity index (χ1n) is 10.1. The fourth-order valence-electron chi connectivity index (χ4n) is 3.83. The van der Waals surface area contributed by atoms with E-state index in [-0.39, 0.29) is 24.3 Å². The fraction of sp³-hybridized carbons (Fsp3) is 0.391. The number of rotatable bonds is 6. The van der Waals surface area contributed by atoms with Crippen LogP contribution in [0, 0.1) is 0 Å². The predicted octanol–water partition coefficient (Wildman–Crippen LogP) is 5.08. The van der Waals surface area contributed by atoms with Crippen LogP contribution in [-0.2, 0) is 11.2 Å². The third-order valence-electron chi connectivity index (χ3n) is 5.35. The topological polar surface area (TPSA) is 40.6 Å². The molecule has 1 aliphatic rings. The lowest BCUT2D eigenvalue weighted by Gasteiger charge is -2.38. The Balaban J connectivity index is 1.62. The SMILES string of the molecule is CCCN(C(=O)Cc1ccc(Cl)cc1Cl)C1CCN(C(=O)c2ccccc2)CC1. The number of amides is 2. The molecule has 154 valence electrons. The van der Waals surface area contributed by atoms with E-state index < -0.39 is 0 Å². The number of nitrogens with zero attached hydrogens (tertiary/aromatic N) is 2. The summed E-state index contributed by atoms with van der Waals surface area (Å²) in [6.45, 7) is 4.10. The van der Waals surface area contributed by atoms with Gasteiger partial charge < -0.3 is 9.80 Å². The van der Waals surface area contributed by atoms with E-state index in [4.69, 9.17) is 23.2 Å². The largest absolute Gasteiger partial charge is 0.339 e. The van der Waals surface area contributed by atoms with Crippen LogP contribution >= 0.6 is 23.2 Å². The van der Waals surface area contributed by atoms with Crippen molar-refractivity contribution in [2.24, 2.45) is 0 Å². The van der Waals surface area contributed by atoms with Gasteiger partial charge in [0.15, 0.2) is 0 Å². The van der Waals surface area contributed by atoms with E-state index in [2.05, 4.69) is 6.92 Å². The average molecular weight is 433 g/mol. The number of hydrogen-bond acceptors (Lipinski definition) is 2. The summed E-state index contributed by atoms with van der Waals surface area (Å²) in [5.74, 6) is 0.134. The summed E-state index contributed by atoms with van der Waals surface area (Å²) in [6.07, 6.45) is 2.74. The van der Waals surface area contributed by atoms with E-state index in [1.54, 1.807) is 12.1 Å². The third kappa shape index (κ3) is 5.52. The van der Waals surface area contributed by atoms with Gasteiger partial charge >= 0.3 is 0 Å². The quantitative estimate of drug-likeness (QED) is 0.638. The monoisotopic (exact) mass is 432 g/mol. The molecule has 1 heterocycles. The summed E-state index contributed by atoms with van der Waals surface area (Å²) < 4.78 is 0. The van der Waals surface area contributed by atoms with Crippen molar-refractivity contribution in [3.8, 4) is 0 Å². The normalized spacial score (nSPS) is 14.7. The molecule has 1 fully saturated rings. The summed E-state index contributed by atoms with van der Waals surface area (Å²) in [6, 6.07) is 14.7. The van der Waals surface area contributed by atoms with Gasteiger partial charge in [-0.1, -0.05) is 54.4 Å². The van der Waals surface area contributed by atoms with E-state index in [1.807, 2.05) is 46.2 Å². The summed E-state index contributed by atoms with van der Waals surface area (Å²) in [4.78, 5) is 29.5. The van der Waals surface area contributed by atoms with Gasteiger partial charge in [0.25, 0.3) is 5.91 Å². The average Bonchev–Trinajstić information content (AvgIpc) is 2.74. The molecule has 0 radical (unpaired) electrons. The zero-order chi connectivity index (χ0) is 20.8. The zero-order valence-electron chi connectivity index (χ0n) is 16.6. The van der Waals surface area contributed by atoms with Crippen molar-refractivity contribution in [3.63, 3.8) is 0 Å². The molecule has 0 unspecified atom stereocenters. The second kappa shape index (κ2) is 10.1. The second-order valence-electron chi connectivity index (χ2n) is 7.39. The molecule has 0 saturated carbocycles. The molecule has 2 aromatic rings. The molecule has 0 N–H and O–H groups in total. The predicted molar refractivity (Wildman–Crippen MR) is 118 cm³/mol. The van der Waals surface area contributed by atoms with Crippen LogP contribution in [0.3, 0.4) is 0 Å². The Labute approximate surface area is 182 Å². The van der Waals surface area contributed by atoms with Gasteiger partial charge in [-0.25, -0.2) is 0 Å². The number of likely N-dealkylation sites (tertiary alicyclic amines) is 1. The molecular formula is C23H26Cl2N2O2. The van der Waals surface area contributed by atoms with Crippen LogP contribution in [0.1, 0.15) is 42.1 Å². The van der Waals surface area contributed by atoms with Gasteiger partial charge in [-0.05, 0) is 49.1 Å². The van der Waals surface area contributed by atoms with Crippen molar-refractivity contribution in [1.29, 1.82) is 0 Å². The summed E-state index contributed by atoms with van der Waals surface area (Å²) in [5.41, 5.74) is 1.50. The Kier molecular flexibility index (Phi) is 7.57. The number of halogens is 2. The maximum absolute atomic E-state index is 13.0. The molecule has 1 saturated heterocycles. The summed E-state index contributed by atoms with van der Waals surface area (Å²) in [5, 5.41) is 1.08. The third-order valence-corrected chi connectivity index (χ3v) is 5.94. The molecule has 1 aliphatic heterocycles. The number of benzene rings is 2. The molecule has 0 aliphatic carbocycles. The molecule has 29 heavy (non-hydrogen) atoms. The lowest BCUT2D eigenvalue weighted by atomic mass is 10.0. The second-order valence-corrected chi connectivity index (χ2v) is 8.23. The molecule has 6 heteroatoms. The summed E-state index contributed by atoms with van der Waals surface area (Å²) >= 11 is 12.2. The standard InChI is InChI=1S/C23H26Cl2N2O2/c1-2-12-27(22(28)15-18-8-9-19(24)16-21(18)25)20-10-13-26(14-11-20)23(29)17-6-4-3-5-7-17/h3-9,16,20H,2,10-15H2,1H3. The molecule has 0 bridgehead atoms. The molecule has 2 aromatic carbocycles. The summed E-state index contributed by atoms with van der Waals surface area (Å²) in [7, 11) is 0. The molecular weight excluding hydrogens is 407 g/mol. The Hall–Kier alpha value is -2.04. The van der Waals surface area contributed by atoms with Crippen molar-refractivity contribution >= 4 is 35.0 Å². The van der Waals surface area contributed by atoms with Gasteiger partial charge in [0, 0.05) is 41.3 Å². The van der Waals surface area contributed by atoms with Crippen LogP contribution in [-0.4, -0.2) is 47.3 Å². The first-order valence-corrected chi connectivity index (χ1v) is 10.8. The van der Waals surface area contributed by atoms with E-state index in [0.29, 0.717) is 35.2 Å². The van der Waals surface area contributed by atoms with Gasteiger partial charge in [0.2, 0.25) is 5.91 Å². The Morgan fingerprint density at radius 2 is 1.76 bits per heavy atom. The molecule has 4 nitrogen and oxygen atoms in total. The minimum Gasteiger partial charge on any atom is -0.339 e. The first kappa shape index (κ1) is 21.7. The highest BCUT2D eigenvalue weighted by molar-refractivity contribution is 6.35.